The first-order chi connectivity index (χ1) is 14.7. The molecule has 2 saturated heterocycles. The summed E-state index contributed by atoms with van der Waals surface area (Å²) in [6.07, 6.45) is 6.41. The molecule has 0 unspecified atom stereocenters. The van der Waals surface area contributed by atoms with Crippen LogP contribution in [0.5, 0.6) is 0 Å². The number of hydrogen-bond acceptors (Lipinski definition) is 3. The van der Waals surface area contributed by atoms with Gasteiger partial charge < -0.3 is 15.0 Å². The lowest BCUT2D eigenvalue weighted by molar-refractivity contribution is -0.154. The summed E-state index contributed by atoms with van der Waals surface area (Å²) in [6, 6.07) is 8.31. The van der Waals surface area contributed by atoms with Gasteiger partial charge in [-0.05, 0) is 55.7 Å². The van der Waals surface area contributed by atoms with E-state index in [9.17, 15) is 9.59 Å². The third-order valence-corrected chi connectivity index (χ3v) is 7.49. The van der Waals surface area contributed by atoms with Crippen molar-refractivity contribution in [2.75, 3.05) is 11.4 Å². The summed E-state index contributed by atoms with van der Waals surface area (Å²) in [4.78, 5) is 26.7. The van der Waals surface area contributed by atoms with Crippen molar-refractivity contribution >= 4 is 17.5 Å². The molecule has 2 aliphatic heterocycles. The highest BCUT2D eigenvalue weighted by atomic mass is 16.5. The van der Waals surface area contributed by atoms with E-state index in [4.69, 9.17) is 4.74 Å². The van der Waals surface area contributed by atoms with Crippen LogP contribution in [0.25, 0.3) is 0 Å². The van der Waals surface area contributed by atoms with E-state index in [0.717, 1.165) is 43.5 Å². The van der Waals surface area contributed by atoms with Gasteiger partial charge in [0.15, 0.2) is 0 Å². The molecule has 3 fully saturated rings. The molecule has 5 heteroatoms. The number of amides is 2. The number of fused-ring (bicyclic) bond motifs is 1. The Labute approximate surface area is 186 Å². The smallest absolute Gasteiger partial charge is 0.227 e. The van der Waals surface area contributed by atoms with Crippen molar-refractivity contribution in [3.63, 3.8) is 0 Å². The molecule has 31 heavy (non-hydrogen) atoms. The molecule has 3 aliphatic rings. The van der Waals surface area contributed by atoms with Gasteiger partial charge in [-0.1, -0.05) is 39.3 Å². The minimum Gasteiger partial charge on any atom is -0.370 e. The Morgan fingerprint density at radius 3 is 2.65 bits per heavy atom. The Hall–Kier alpha value is -1.88. The number of hydrogen-bond donors (Lipinski definition) is 1. The summed E-state index contributed by atoms with van der Waals surface area (Å²) in [5.41, 5.74) is 1.85. The minimum atomic E-state index is -0.261. The van der Waals surface area contributed by atoms with Gasteiger partial charge in [0, 0.05) is 43.0 Å². The zero-order valence-electron chi connectivity index (χ0n) is 19.5. The normalized spacial score (nSPS) is 33.5. The highest BCUT2D eigenvalue weighted by Gasteiger charge is 2.49. The van der Waals surface area contributed by atoms with Gasteiger partial charge >= 0.3 is 0 Å². The van der Waals surface area contributed by atoms with Crippen LogP contribution >= 0.6 is 0 Å². The highest BCUT2D eigenvalue weighted by molar-refractivity contribution is 5.95. The summed E-state index contributed by atoms with van der Waals surface area (Å²) in [5, 5.41) is 3.43. The van der Waals surface area contributed by atoms with Crippen molar-refractivity contribution in [1.29, 1.82) is 0 Å². The average molecular weight is 427 g/mol. The molecule has 5 nitrogen and oxygen atoms in total. The maximum Gasteiger partial charge on any atom is 0.227 e. The summed E-state index contributed by atoms with van der Waals surface area (Å²) < 4.78 is 6.66. The second-order valence-corrected chi connectivity index (χ2v) is 10.7. The van der Waals surface area contributed by atoms with Gasteiger partial charge in [-0.15, -0.1) is 0 Å². The summed E-state index contributed by atoms with van der Waals surface area (Å²) in [7, 11) is 0. The molecule has 2 heterocycles. The van der Waals surface area contributed by atoms with Crippen LogP contribution in [0.4, 0.5) is 5.69 Å². The maximum atomic E-state index is 12.7. The van der Waals surface area contributed by atoms with Gasteiger partial charge in [0.25, 0.3) is 0 Å². The van der Waals surface area contributed by atoms with Crippen LogP contribution in [0.1, 0.15) is 84.3 Å². The van der Waals surface area contributed by atoms with Crippen molar-refractivity contribution < 1.29 is 14.3 Å². The van der Waals surface area contributed by atoms with Crippen LogP contribution in [-0.2, 0) is 14.3 Å². The van der Waals surface area contributed by atoms with Gasteiger partial charge in [0.1, 0.15) is 0 Å². The minimum absolute atomic E-state index is 0.0424. The number of benzene rings is 1. The molecule has 0 bridgehead atoms. The molecule has 4 rings (SSSR count). The molecule has 5 atom stereocenters. The second-order valence-electron chi connectivity index (χ2n) is 10.7. The SMILES string of the molecule is CC(C)CC(=O)N[C@]1(C)C[C@H](c2ccc(N3CCCC3=O)cc2)O[C@@H]2C[C@H](C)CC[C@H]21. The first kappa shape index (κ1) is 22.3. The molecule has 1 aromatic rings. The molecule has 1 saturated carbocycles. The highest BCUT2D eigenvalue weighted by Crippen LogP contribution is 2.48. The Morgan fingerprint density at radius 1 is 1.26 bits per heavy atom. The van der Waals surface area contributed by atoms with Crippen molar-refractivity contribution in [2.24, 2.45) is 17.8 Å². The van der Waals surface area contributed by atoms with E-state index < -0.39 is 0 Å². The van der Waals surface area contributed by atoms with Crippen LogP contribution < -0.4 is 10.2 Å². The lowest BCUT2D eigenvalue weighted by atomic mass is 9.66. The molecule has 1 aromatic carbocycles. The summed E-state index contributed by atoms with van der Waals surface area (Å²) in [5.74, 6) is 1.72. The van der Waals surface area contributed by atoms with Crippen LogP contribution in [-0.4, -0.2) is 30.0 Å². The fourth-order valence-corrected chi connectivity index (χ4v) is 5.87. The van der Waals surface area contributed by atoms with E-state index in [1.165, 1.54) is 6.42 Å². The Kier molecular flexibility index (Phi) is 6.43. The van der Waals surface area contributed by atoms with Gasteiger partial charge in [0.05, 0.1) is 12.2 Å². The Morgan fingerprint density at radius 2 is 2.00 bits per heavy atom. The lowest BCUT2D eigenvalue weighted by Gasteiger charge is -2.52. The predicted molar refractivity (Wildman–Crippen MR) is 123 cm³/mol. The third-order valence-electron chi connectivity index (χ3n) is 7.49. The monoisotopic (exact) mass is 426 g/mol. The molecule has 170 valence electrons. The first-order valence-electron chi connectivity index (χ1n) is 12.1. The van der Waals surface area contributed by atoms with Crippen molar-refractivity contribution in [1.82, 2.24) is 5.32 Å². The van der Waals surface area contributed by atoms with Crippen LogP contribution in [0.15, 0.2) is 24.3 Å². The van der Waals surface area contributed by atoms with E-state index in [-0.39, 0.29) is 29.6 Å². The number of rotatable bonds is 5. The second kappa shape index (κ2) is 8.93. The van der Waals surface area contributed by atoms with Gasteiger partial charge in [-0.2, -0.15) is 0 Å². The standard InChI is InChI=1S/C26H38N2O3/c1-17(2)14-24(29)27-26(4)16-23(31-22-15-18(3)7-12-21(22)26)19-8-10-20(11-9-19)28-13-5-6-25(28)30/h8-11,17-18,21-23H,5-7,12-16H2,1-4H3,(H,27,29)/t18-,21-,22-,23-,26-/m1/s1. The van der Waals surface area contributed by atoms with Crippen LogP contribution in [0.2, 0.25) is 0 Å². The van der Waals surface area contributed by atoms with Crippen LogP contribution in [0.3, 0.4) is 0 Å². The quantitative estimate of drug-likeness (QED) is 0.721. The Balaban J connectivity index is 1.55. The maximum absolute atomic E-state index is 12.7. The summed E-state index contributed by atoms with van der Waals surface area (Å²) >= 11 is 0. The van der Waals surface area contributed by atoms with Crippen molar-refractivity contribution in [2.45, 2.75) is 90.4 Å². The number of anilines is 1. The average Bonchev–Trinajstić information content (AvgIpc) is 3.12. The van der Waals surface area contributed by atoms with E-state index in [2.05, 4.69) is 45.1 Å². The largest absolute Gasteiger partial charge is 0.370 e. The molecule has 0 radical (unpaired) electrons. The molecule has 0 aromatic heterocycles. The number of nitrogens with one attached hydrogen (secondary N) is 1. The molecule has 0 spiro atoms. The van der Waals surface area contributed by atoms with Gasteiger partial charge in [-0.25, -0.2) is 0 Å². The van der Waals surface area contributed by atoms with Crippen molar-refractivity contribution in [3.05, 3.63) is 29.8 Å². The molecular weight excluding hydrogens is 388 g/mol. The zero-order chi connectivity index (χ0) is 22.2. The van der Waals surface area contributed by atoms with Gasteiger partial charge in [0.2, 0.25) is 11.8 Å². The van der Waals surface area contributed by atoms with Gasteiger partial charge in [-0.3, -0.25) is 9.59 Å². The predicted octanol–water partition coefficient (Wildman–Crippen LogP) is 5.00. The number of carbonyl (C=O) groups excluding carboxylic acids is 2. The topological polar surface area (TPSA) is 58.6 Å². The van der Waals surface area contributed by atoms with E-state index >= 15 is 0 Å². The van der Waals surface area contributed by atoms with E-state index in [1.807, 2.05) is 17.0 Å². The third kappa shape index (κ3) is 4.82. The van der Waals surface area contributed by atoms with E-state index in [1.54, 1.807) is 0 Å². The molecule has 1 aliphatic carbocycles. The fraction of sp³-hybridized carbons (Fsp3) is 0.692. The number of carbonyl (C=O) groups is 2. The van der Waals surface area contributed by atoms with E-state index in [0.29, 0.717) is 30.6 Å². The fourth-order valence-electron chi connectivity index (χ4n) is 5.87. The number of ether oxygens (including phenoxy) is 1. The molecule has 2 amide bonds. The van der Waals surface area contributed by atoms with Crippen LogP contribution in [0, 0.1) is 17.8 Å². The zero-order valence-corrected chi connectivity index (χ0v) is 19.5. The first-order valence-corrected chi connectivity index (χ1v) is 12.1. The Bertz CT molecular complexity index is 805. The lowest BCUT2D eigenvalue weighted by Crippen LogP contribution is -2.60. The summed E-state index contributed by atoms with van der Waals surface area (Å²) in [6.45, 7) is 9.52. The van der Waals surface area contributed by atoms with Crippen molar-refractivity contribution in [3.8, 4) is 0 Å². The number of nitrogens with zero attached hydrogens (tertiary/aromatic N) is 1. The molecule has 1 N–H and O–H groups in total. The molecular formula is C26H38N2O3.